The van der Waals surface area contributed by atoms with E-state index in [0.29, 0.717) is 12.3 Å². The van der Waals surface area contributed by atoms with Crippen molar-refractivity contribution in [2.45, 2.75) is 25.4 Å². The molecule has 0 aromatic carbocycles. The van der Waals surface area contributed by atoms with Crippen LogP contribution in [0, 0.1) is 5.92 Å². The van der Waals surface area contributed by atoms with E-state index in [1.165, 1.54) is 0 Å². The smallest absolute Gasteiger partial charge is 0.326 e. The number of furan rings is 1. The van der Waals surface area contributed by atoms with Gasteiger partial charge in [0.1, 0.15) is 11.8 Å². The van der Waals surface area contributed by atoms with E-state index in [-0.39, 0.29) is 11.7 Å². The van der Waals surface area contributed by atoms with Gasteiger partial charge in [0.05, 0.1) is 6.54 Å². The summed E-state index contributed by atoms with van der Waals surface area (Å²) in [6.45, 7) is 0.422. The number of amides is 1. The molecular weight excluding hydrogens is 274 g/mol. The van der Waals surface area contributed by atoms with Crippen molar-refractivity contribution in [3.05, 3.63) is 42.1 Å². The summed E-state index contributed by atoms with van der Waals surface area (Å²) in [7, 11) is 0. The maximum atomic E-state index is 12.0. The van der Waals surface area contributed by atoms with Gasteiger partial charge in [-0.3, -0.25) is 9.48 Å². The summed E-state index contributed by atoms with van der Waals surface area (Å²) in [5.41, 5.74) is 0. The summed E-state index contributed by atoms with van der Waals surface area (Å²) in [5.74, 6) is -0.772. The lowest BCUT2D eigenvalue weighted by molar-refractivity contribution is -0.139. The Labute approximate surface area is 120 Å². The number of aliphatic carboxylic acids is 1. The molecular formula is C14H15N3O4. The van der Waals surface area contributed by atoms with Gasteiger partial charge in [-0.05, 0) is 37.0 Å². The van der Waals surface area contributed by atoms with Crippen LogP contribution in [0.3, 0.4) is 0 Å². The maximum absolute atomic E-state index is 12.0. The van der Waals surface area contributed by atoms with E-state index in [2.05, 4.69) is 10.4 Å². The topological polar surface area (TPSA) is 97.4 Å². The van der Waals surface area contributed by atoms with Crippen LogP contribution in [-0.2, 0) is 11.3 Å². The highest BCUT2D eigenvalue weighted by molar-refractivity contribution is 5.94. The summed E-state index contributed by atoms with van der Waals surface area (Å²) >= 11 is 0. The van der Waals surface area contributed by atoms with Gasteiger partial charge in [0.25, 0.3) is 5.91 Å². The van der Waals surface area contributed by atoms with Gasteiger partial charge >= 0.3 is 5.97 Å². The Kier molecular flexibility index (Phi) is 3.47. The van der Waals surface area contributed by atoms with Gasteiger partial charge in [-0.15, -0.1) is 0 Å². The molecule has 3 rings (SSSR count). The monoisotopic (exact) mass is 289 g/mol. The first kappa shape index (κ1) is 13.4. The number of nitrogens with zero attached hydrogens (tertiary/aromatic N) is 2. The summed E-state index contributed by atoms with van der Waals surface area (Å²) < 4.78 is 7.11. The predicted octanol–water partition coefficient (Wildman–Crippen LogP) is 1.12. The quantitative estimate of drug-likeness (QED) is 0.830. The highest BCUT2D eigenvalue weighted by Gasteiger charge is 2.37. The van der Waals surface area contributed by atoms with E-state index in [0.717, 1.165) is 12.8 Å². The van der Waals surface area contributed by atoms with Crippen LogP contribution in [0.25, 0.3) is 0 Å². The number of rotatable bonds is 6. The van der Waals surface area contributed by atoms with Crippen molar-refractivity contribution < 1.29 is 19.1 Å². The molecule has 0 radical (unpaired) electrons. The number of hydrogen-bond acceptors (Lipinski definition) is 4. The molecule has 1 unspecified atom stereocenters. The van der Waals surface area contributed by atoms with Crippen LogP contribution in [0.5, 0.6) is 0 Å². The summed E-state index contributed by atoms with van der Waals surface area (Å²) in [4.78, 5) is 23.1. The fourth-order valence-electron chi connectivity index (χ4n) is 2.16. The van der Waals surface area contributed by atoms with Gasteiger partial charge in [0.2, 0.25) is 0 Å². The molecule has 1 amide bonds. The number of carbonyl (C=O) groups excluding carboxylic acids is 1. The van der Waals surface area contributed by atoms with Crippen molar-refractivity contribution in [2.24, 2.45) is 5.92 Å². The lowest BCUT2D eigenvalue weighted by Gasteiger charge is -2.12. The summed E-state index contributed by atoms with van der Waals surface area (Å²) in [6.07, 6.45) is 5.11. The SMILES string of the molecule is O=C(NC(C(=O)O)C1CC1)c1ccc(Cn2cccn2)o1. The van der Waals surface area contributed by atoms with E-state index in [4.69, 9.17) is 9.52 Å². The van der Waals surface area contributed by atoms with Crippen LogP contribution in [0.2, 0.25) is 0 Å². The van der Waals surface area contributed by atoms with Gasteiger partial charge in [0, 0.05) is 12.4 Å². The zero-order valence-electron chi connectivity index (χ0n) is 11.2. The molecule has 7 nitrogen and oxygen atoms in total. The van der Waals surface area contributed by atoms with Crippen LogP contribution in [0.1, 0.15) is 29.2 Å². The second-order valence-electron chi connectivity index (χ2n) is 5.10. The molecule has 0 bridgehead atoms. The zero-order chi connectivity index (χ0) is 14.8. The maximum Gasteiger partial charge on any atom is 0.326 e. The molecule has 2 heterocycles. The average Bonchev–Trinajstić information content (AvgIpc) is 2.96. The number of carboxylic acids is 1. The Morgan fingerprint density at radius 2 is 2.29 bits per heavy atom. The average molecular weight is 289 g/mol. The van der Waals surface area contributed by atoms with Crippen LogP contribution >= 0.6 is 0 Å². The molecule has 1 atom stereocenters. The predicted molar refractivity (Wildman–Crippen MR) is 71.7 cm³/mol. The van der Waals surface area contributed by atoms with Gasteiger partial charge in [0.15, 0.2) is 5.76 Å². The molecule has 1 aliphatic rings. The minimum atomic E-state index is -1.01. The molecule has 0 saturated heterocycles. The van der Waals surface area contributed by atoms with E-state index < -0.39 is 17.9 Å². The number of carboxylic acid groups (broad SMARTS) is 1. The fraction of sp³-hybridized carbons (Fsp3) is 0.357. The van der Waals surface area contributed by atoms with Crippen molar-refractivity contribution in [3.8, 4) is 0 Å². The third kappa shape index (κ3) is 3.13. The van der Waals surface area contributed by atoms with Gasteiger partial charge < -0.3 is 14.8 Å². The van der Waals surface area contributed by atoms with Crippen molar-refractivity contribution in [2.75, 3.05) is 0 Å². The lowest BCUT2D eigenvalue weighted by atomic mass is 10.2. The minimum Gasteiger partial charge on any atom is -0.480 e. The molecule has 0 aliphatic heterocycles. The van der Waals surface area contributed by atoms with Crippen LogP contribution in [0.4, 0.5) is 0 Å². The molecule has 1 saturated carbocycles. The number of nitrogens with one attached hydrogen (secondary N) is 1. The van der Waals surface area contributed by atoms with Crippen molar-refractivity contribution in [3.63, 3.8) is 0 Å². The van der Waals surface area contributed by atoms with Crippen LogP contribution < -0.4 is 5.32 Å². The first-order chi connectivity index (χ1) is 10.1. The van der Waals surface area contributed by atoms with Crippen molar-refractivity contribution in [1.82, 2.24) is 15.1 Å². The molecule has 1 aliphatic carbocycles. The van der Waals surface area contributed by atoms with E-state index in [1.54, 1.807) is 35.3 Å². The minimum absolute atomic E-state index is 0.0324. The third-order valence-electron chi connectivity index (χ3n) is 3.41. The normalized spacial score (nSPS) is 15.6. The van der Waals surface area contributed by atoms with Gasteiger partial charge in [-0.2, -0.15) is 5.10 Å². The first-order valence-corrected chi connectivity index (χ1v) is 6.73. The fourth-order valence-corrected chi connectivity index (χ4v) is 2.16. The highest BCUT2D eigenvalue weighted by Crippen LogP contribution is 2.32. The Morgan fingerprint density at radius 1 is 1.48 bits per heavy atom. The van der Waals surface area contributed by atoms with E-state index in [1.807, 2.05) is 0 Å². The summed E-state index contributed by atoms with van der Waals surface area (Å²) in [6, 6.07) is 4.18. The molecule has 2 N–H and O–H groups in total. The van der Waals surface area contributed by atoms with E-state index in [9.17, 15) is 9.59 Å². The molecule has 7 heteroatoms. The Balaban J connectivity index is 1.64. The molecule has 1 fully saturated rings. The Hall–Kier alpha value is -2.57. The van der Waals surface area contributed by atoms with Crippen molar-refractivity contribution in [1.29, 1.82) is 0 Å². The molecule has 21 heavy (non-hydrogen) atoms. The van der Waals surface area contributed by atoms with Gasteiger partial charge in [-0.25, -0.2) is 4.79 Å². The Bertz CT molecular complexity index is 643. The number of carbonyl (C=O) groups is 2. The van der Waals surface area contributed by atoms with Gasteiger partial charge in [-0.1, -0.05) is 0 Å². The second kappa shape index (κ2) is 5.43. The number of hydrogen-bond donors (Lipinski definition) is 2. The highest BCUT2D eigenvalue weighted by atomic mass is 16.4. The summed E-state index contributed by atoms with van der Waals surface area (Å²) in [5, 5.41) is 15.7. The molecule has 0 spiro atoms. The molecule has 2 aromatic heterocycles. The number of aromatic nitrogens is 2. The largest absolute Gasteiger partial charge is 0.480 e. The lowest BCUT2D eigenvalue weighted by Crippen LogP contribution is -2.42. The standard InChI is InChI=1S/C14H15N3O4/c18-13(16-12(14(19)20)9-2-3-9)11-5-4-10(21-11)8-17-7-1-6-15-17/h1,4-7,9,12H,2-3,8H2,(H,16,18)(H,19,20). The molecule has 2 aromatic rings. The van der Waals surface area contributed by atoms with Crippen LogP contribution in [-0.4, -0.2) is 32.8 Å². The first-order valence-electron chi connectivity index (χ1n) is 6.73. The van der Waals surface area contributed by atoms with Crippen LogP contribution in [0.15, 0.2) is 35.0 Å². The third-order valence-corrected chi connectivity index (χ3v) is 3.41. The molecule has 110 valence electrons. The van der Waals surface area contributed by atoms with E-state index >= 15 is 0 Å². The Morgan fingerprint density at radius 3 is 2.90 bits per heavy atom. The zero-order valence-corrected chi connectivity index (χ0v) is 11.2. The van der Waals surface area contributed by atoms with Crippen molar-refractivity contribution >= 4 is 11.9 Å². The second-order valence-corrected chi connectivity index (χ2v) is 5.10.